The molecule has 0 aliphatic carbocycles. The molecule has 5 rings (SSSR count). The molecule has 2 aromatic carbocycles. The van der Waals surface area contributed by atoms with Crippen molar-refractivity contribution in [2.24, 2.45) is 0 Å². The van der Waals surface area contributed by atoms with Crippen molar-refractivity contribution in [3.63, 3.8) is 0 Å². The number of aromatic nitrogens is 2. The highest BCUT2D eigenvalue weighted by molar-refractivity contribution is 6.11. The fourth-order valence-corrected chi connectivity index (χ4v) is 3.93. The van der Waals surface area contributed by atoms with Crippen LogP contribution in [0.2, 0.25) is 0 Å². The van der Waals surface area contributed by atoms with Gasteiger partial charge in [-0.05, 0) is 48.7 Å². The van der Waals surface area contributed by atoms with E-state index < -0.39 is 0 Å². The number of imidazole rings is 1. The number of carbonyl (C=O) groups is 2. The van der Waals surface area contributed by atoms with Gasteiger partial charge in [-0.25, -0.2) is 4.98 Å². The lowest BCUT2D eigenvalue weighted by Gasteiger charge is -2.28. The van der Waals surface area contributed by atoms with Gasteiger partial charge in [0.15, 0.2) is 5.69 Å². The van der Waals surface area contributed by atoms with Crippen molar-refractivity contribution in [3.8, 4) is 0 Å². The molecule has 0 saturated carbocycles. The van der Waals surface area contributed by atoms with Crippen molar-refractivity contribution in [3.05, 3.63) is 96.1 Å². The number of para-hydroxylation sites is 2. The SMILES string of the molecule is O=C(Nc1ccccc1)c1nc(C(=O)N2CCCc3ccccc32)n2ccccc12. The van der Waals surface area contributed by atoms with Crippen LogP contribution < -0.4 is 10.2 Å². The quantitative estimate of drug-likeness (QED) is 0.565. The average molecular weight is 396 g/mol. The Labute approximate surface area is 173 Å². The summed E-state index contributed by atoms with van der Waals surface area (Å²) in [6.07, 6.45) is 3.62. The second kappa shape index (κ2) is 7.48. The van der Waals surface area contributed by atoms with Crippen LogP contribution in [0.25, 0.3) is 5.52 Å². The summed E-state index contributed by atoms with van der Waals surface area (Å²) in [6, 6.07) is 22.6. The normalized spacial score (nSPS) is 13.1. The van der Waals surface area contributed by atoms with Gasteiger partial charge in [-0.1, -0.05) is 42.5 Å². The summed E-state index contributed by atoms with van der Waals surface area (Å²) in [4.78, 5) is 32.7. The Kier molecular flexibility index (Phi) is 4.52. The summed E-state index contributed by atoms with van der Waals surface area (Å²) in [6.45, 7) is 0.628. The zero-order valence-corrected chi connectivity index (χ0v) is 16.3. The fraction of sp³-hybridized carbons (Fsp3) is 0.125. The molecule has 2 aromatic heterocycles. The first-order valence-electron chi connectivity index (χ1n) is 9.95. The van der Waals surface area contributed by atoms with Gasteiger partial charge in [-0.15, -0.1) is 0 Å². The van der Waals surface area contributed by atoms with Gasteiger partial charge in [0.05, 0.1) is 5.52 Å². The Morgan fingerprint density at radius 3 is 2.53 bits per heavy atom. The van der Waals surface area contributed by atoms with E-state index in [0.29, 0.717) is 17.7 Å². The molecule has 0 unspecified atom stereocenters. The van der Waals surface area contributed by atoms with Crippen LogP contribution in [-0.2, 0) is 6.42 Å². The molecule has 0 radical (unpaired) electrons. The number of hydrogen-bond donors (Lipinski definition) is 1. The zero-order valence-electron chi connectivity index (χ0n) is 16.3. The van der Waals surface area contributed by atoms with Gasteiger partial charge in [0, 0.05) is 24.1 Å². The lowest BCUT2D eigenvalue weighted by atomic mass is 10.0. The summed E-state index contributed by atoms with van der Waals surface area (Å²) in [5.41, 5.74) is 3.57. The van der Waals surface area contributed by atoms with Crippen molar-refractivity contribution in [1.82, 2.24) is 9.38 Å². The van der Waals surface area contributed by atoms with Crippen molar-refractivity contribution >= 4 is 28.7 Å². The molecule has 1 aliphatic rings. The van der Waals surface area contributed by atoms with Crippen molar-refractivity contribution in [2.75, 3.05) is 16.8 Å². The third-order valence-corrected chi connectivity index (χ3v) is 5.34. The van der Waals surface area contributed by atoms with Gasteiger partial charge in [0.1, 0.15) is 0 Å². The van der Waals surface area contributed by atoms with Gasteiger partial charge < -0.3 is 10.2 Å². The second-order valence-corrected chi connectivity index (χ2v) is 7.25. The van der Waals surface area contributed by atoms with Gasteiger partial charge >= 0.3 is 0 Å². The van der Waals surface area contributed by atoms with E-state index in [4.69, 9.17) is 0 Å². The molecule has 4 aromatic rings. The Morgan fingerprint density at radius 1 is 0.900 bits per heavy atom. The maximum atomic E-state index is 13.5. The molecule has 6 heteroatoms. The molecular weight excluding hydrogens is 376 g/mol. The number of pyridine rings is 1. The van der Waals surface area contributed by atoms with Crippen molar-refractivity contribution in [1.29, 1.82) is 0 Å². The summed E-state index contributed by atoms with van der Waals surface area (Å²) < 4.78 is 1.69. The molecule has 0 spiro atoms. The van der Waals surface area contributed by atoms with Crippen molar-refractivity contribution < 1.29 is 9.59 Å². The molecule has 1 aliphatic heterocycles. The number of fused-ring (bicyclic) bond motifs is 2. The average Bonchev–Trinajstić information content (AvgIpc) is 3.19. The minimum atomic E-state index is -0.344. The number of hydrogen-bond acceptors (Lipinski definition) is 3. The van der Waals surface area contributed by atoms with Crippen LogP contribution in [0, 0.1) is 0 Å². The molecule has 0 atom stereocenters. The minimum absolute atomic E-state index is 0.206. The molecule has 3 heterocycles. The number of rotatable bonds is 3. The monoisotopic (exact) mass is 396 g/mol. The number of nitrogens with one attached hydrogen (secondary N) is 1. The topological polar surface area (TPSA) is 66.7 Å². The summed E-state index contributed by atoms with van der Waals surface area (Å²) >= 11 is 0. The Hall–Kier alpha value is -3.93. The molecule has 0 bridgehead atoms. The first kappa shape index (κ1) is 18.1. The zero-order chi connectivity index (χ0) is 20.5. The Morgan fingerprint density at radius 2 is 1.67 bits per heavy atom. The number of benzene rings is 2. The lowest BCUT2D eigenvalue weighted by Crippen LogP contribution is -2.36. The summed E-state index contributed by atoms with van der Waals surface area (Å²) in [5, 5.41) is 2.86. The lowest BCUT2D eigenvalue weighted by molar-refractivity contribution is 0.0974. The molecule has 1 N–H and O–H groups in total. The third-order valence-electron chi connectivity index (χ3n) is 5.34. The number of nitrogens with zero attached hydrogens (tertiary/aromatic N) is 3. The van der Waals surface area contributed by atoms with Crippen molar-refractivity contribution in [2.45, 2.75) is 12.8 Å². The first-order valence-corrected chi connectivity index (χ1v) is 9.95. The van der Waals surface area contributed by atoms with Crippen LogP contribution in [0.3, 0.4) is 0 Å². The maximum Gasteiger partial charge on any atom is 0.294 e. The third kappa shape index (κ3) is 3.12. The van der Waals surface area contributed by atoms with E-state index in [0.717, 1.165) is 24.1 Å². The number of carbonyl (C=O) groups excluding carboxylic acids is 2. The predicted molar refractivity (Wildman–Crippen MR) is 116 cm³/mol. The number of aryl methyl sites for hydroxylation is 1. The molecule has 0 saturated heterocycles. The van der Waals surface area contributed by atoms with E-state index in [-0.39, 0.29) is 23.3 Å². The van der Waals surface area contributed by atoms with E-state index in [1.165, 1.54) is 0 Å². The highest BCUT2D eigenvalue weighted by atomic mass is 16.2. The number of anilines is 2. The van der Waals surface area contributed by atoms with Crippen LogP contribution in [0.4, 0.5) is 11.4 Å². The van der Waals surface area contributed by atoms with Crippen LogP contribution in [0.15, 0.2) is 79.0 Å². The van der Waals surface area contributed by atoms with E-state index in [1.54, 1.807) is 21.6 Å². The van der Waals surface area contributed by atoms with Crippen LogP contribution in [0.5, 0.6) is 0 Å². The fourth-order valence-electron chi connectivity index (χ4n) is 3.93. The van der Waals surface area contributed by atoms with Crippen LogP contribution in [0.1, 0.15) is 33.1 Å². The van der Waals surface area contributed by atoms with Crippen LogP contribution >= 0.6 is 0 Å². The highest BCUT2D eigenvalue weighted by Crippen LogP contribution is 2.28. The Balaban J connectivity index is 1.55. The van der Waals surface area contributed by atoms with Gasteiger partial charge in [-0.3, -0.25) is 14.0 Å². The molecule has 0 fully saturated rings. The summed E-state index contributed by atoms with van der Waals surface area (Å²) in [7, 11) is 0. The van der Waals surface area contributed by atoms with E-state index in [2.05, 4.69) is 16.4 Å². The highest BCUT2D eigenvalue weighted by Gasteiger charge is 2.28. The predicted octanol–water partition coefficient (Wildman–Crippen LogP) is 4.18. The molecule has 30 heavy (non-hydrogen) atoms. The second-order valence-electron chi connectivity index (χ2n) is 7.25. The Bertz CT molecular complexity index is 1250. The largest absolute Gasteiger partial charge is 0.321 e. The van der Waals surface area contributed by atoms with Gasteiger partial charge in [-0.2, -0.15) is 0 Å². The first-order chi connectivity index (χ1) is 14.7. The molecule has 148 valence electrons. The van der Waals surface area contributed by atoms with E-state index in [1.807, 2.05) is 60.7 Å². The van der Waals surface area contributed by atoms with Gasteiger partial charge in [0.25, 0.3) is 11.8 Å². The smallest absolute Gasteiger partial charge is 0.294 e. The summed E-state index contributed by atoms with van der Waals surface area (Å²) in [5.74, 6) is -0.314. The van der Waals surface area contributed by atoms with E-state index in [9.17, 15) is 9.59 Å². The number of amides is 2. The molecule has 6 nitrogen and oxygen atoms in total. The van der Waals surface area contributed by atoms with E-state index >= 15 is 0 Å². The maximum absolute atomic E-state index is 13.5. The van der Waals surface area contributed by atoms with Gasteiger partial charge in [0.2, 0.25) is 5.82 Å². The standard InChI is InChI=1S/C24H20N4O2/c29-23(25-18-11-2-1-3-12-18)21-20-14-6-7-15-27(20)22(26-21)24(30)28-16-8-10-17-9-4-5-13-19(17)28/h1-7,9,11-15H,8,10,16H2,(H,25,29). The minimum Gasteiger partial charge on any atom is -0.321 e. The molecule has 2 amide bonds. The van der Waals surface area contributed by atoms with Crippen LogP contribution in [-0.4, -0.2) is 27.7 Å². The molecular formula is C24H20N4O2.